The maximum Gasteiger partial charge on any atom is 0.234 e. The quantitative estimate of drug-likeness (QED) is 0.775. The minimum Gasteiger partial charge on any atom is -0.383 e. The zero-order chi connectivity index (χ0) is 17.0. The van der Waals surface area contributed by atoms with E-state index in [1.54, 1.807) is 6.92 Å². The van der Waals surface area contributed by atoms with Crippen molar-refractivity contribution in [2.45, 2.75) is 26.0 Å². The Morgan fingerprint density at radius 3 is 2.83 bits per heavy atom. The average molecular weight is 337 g/mol. The maximum atomic E-state index is 12.0. The van der Waals surface area contributed by atoms with Crippen LogP contribution in [0.2, 0.25) is 0 Å². The lowest BCUT2D eigenvalue weighted by Crippen LogP contribution is -2.42. The summed E-state index contributed by atoms with van der Waals surface area (Å²) in [6.45, 7) is 4.53. The largest absolute Gasteiger partial charge is 0.383 e. The predicted molar refractivity (Wildman–Crippen MR) is 89.0 cm³/mol. The van der Waals surface area contributed by atoms with Crippen molar-refractivity contribution in [1.29, 1.82) is 0 Å². The zero-order valence-corrected chi connectivity index (χ0v) is 14.7. The summed E-state index contributed by atoms with van der Waals surface area (Å²) in [5.41, 5.74) is -1.05. The Hall–Kier alpha value is -1.77. The van der Waals surface area contributed by atoms with Crippen molar-refractivity contribution >= 4 is 17.2 Å². The first-order chi connectivity index (χ1) is 10.8. The first-order valence-corrected chi connectivity index (χ1v) is 8.24. The van der Waals surface area contributed by atoms with Crippen molar-refractivity contribution in [1.82, 2.24) is 25.0 Å². The van der Waals surface area contributed by atoms with Gasteiger partial charge in [-0.3, -0.25) is 9.69 Å². The van der Waals surface area contributed by atoms with Gasteiger partial charge in [-0.2, -0.15) is 0 Å². The van der Waals surface area contributed by atoms with Gasteiger partial charge in [0.25, 0.3) is 0 Å². The molecule has 23 heavy (non-hydrogen) atoms. The van der Waals surface area contributed by atoms with E-state index in [4.69, 9.17) is 0 Å². The van der Waals surface area contributed by atoms with E-state index in [9.17, 15) is 9.90 Å². The third-order valence-electron chi connectivity index (χ3n) is 3.69. The Labute approximate surface area is 140 Å². The maximum absolute atomic E-state index is 12.0. The van der Waals surface area contributed by atoms with E-state index in [2.05, 4.69) is 15.5 Å². The third-order valence-corrected chi connectivity index (χ3v) is 4.81. The second-order valence-electron chi connectivity index (χ2n) is 5.92. The van der Waals surface area contributed by atoms with Crippen molar-refractivity contribution in [3.8, 4) is 0 Å². The Bertz CT molecular complexity index is 651. The monoisotopic (exact) mass is 337 g/mol. The van der Waals surface area contributed by atoms with Gasteiger partial charge >= 0.3 is 0 Å². The number of carbonyl (C=O) groups excluding carboxylic acids is 1. The van der Waals surface area contributed by atoms with Gasteiger partial charge in [0, 0.05) is 11.9 Å². The SMILES string of the molecule is Cc1nnc(CN(C)CC(=O)NCC(C)(O)c2cccs2)n1C. The normalized spacial score (nSPS) is 14.0. The number of nitrogens with zero attached hydrogens (tertiary/aromatic N) is 4. The molecule has 2 N–H and O–H groups in total. The molecule has 7 nitrogen and oxygen atoms in total. The third kappa shape index (κ3) is 4.60. The van der Waals surface area contributed by atoms with E-state index in [1.165, 1.54) is 11.3 Å². The number of aliphatic hydroxyl groups is 1. The molecule has 0 aliphatic carbocycles. The van der Waals surface area contributed by atoms with Crippen molar-refractivity contribution in [2.24, 2.45) is 7.05 Å². The van der Waals surface area contributed by atoms with Crippen molar-refractivity contribution in [3.05, 3.63) is 34.0 Å². The summed E-state index contributed by atoms with van der Waals surface area (Å²) in [5, 5.41) is 23.2. The number of hydrogen-bond donors (Lipinski definition) is 2. The van der Waals surface area contributed by atoms with Gasteiger partial charge in [0.1, 0.15) is 17.2 Å². The smallest absolute Gasteiger partial charge is 0.234 e. The number of rotatable bonds is 7. The summed E-state index contributed by atoms with van der Waals surface area (Å²) in [6, 6.07) is 3.74. The minimum atomic E-state index is -1.05. The lowest BCUT2D eigenvalue weighted by atomic mass is 10.1. The second kappa shape index (κ2) is 7.20. The molecule has 0 saturated carbocycles. The molecule has 0 aliphatic heterocycles. The van der Waals surface area contributed by atoms with Gasteiger partial charge in [-0.25, -0.2) is 0 Å². The summed E-state index contributed by atoms with van der Waals surface area (Å²) < 4.78 is 1.90. The van der Waals surface area contributed by atoms with E-state index >= 15 is 0 Å². The second-order valence-corrected chi connectivity index (χ2v) is 6.87. The highest BCUT2D eigenvalue weighted by Crippen LogP contribution is 2.24. The van der Waals surface area contributed by atoms with E-state index in [0.717, 1.165) is 16.5 Å². The average Bonchev–Trinajstić information content (AvgIpc) is 3.12. The lowest BCUT2D eigenvalue weighted by molar-refractivity contribution is -0.123. The van der Waals surface area contributed by atoms with Crippen LogP contribution >= 0.6 is 11.3 Å². The van der Waals surface area contributed by atoms with Gasteiger partial charge in [-0.1, -0.05) is 6.07 Å². The fourth-order valence-corrected chi connectivity index (χ4v) is 2.92. The summed E-state index contributed by atoms with van der Waals surface area (Å²) in [7, 11) is 3.75. The summed E-state index contributed by atoms with van der Waals surface area (Å²) in [5.74, 6) is 1.51. The van der Waals surface area contributed by atoms with Crippen LogP contribution < -0.4 is 5.32 Å². The molecule has 1 atom stereocenters. The molecule has 2 heterocycles. The molecule has 0 radical (unpaired) electrons. The van der Waals surface area contributed by atoms with Crippen LogP contribution in [0.3, 0.4) is 0 Å². The standard InChI is InChI=1S/C15H23N5O2S/c1-11-17-18-13(20(11)4)8-19(3)9-14(21)16-10-15(2,22)12-6-5-7-23-12/h5-7,22H,8-10H2,1-4H3,(H,16,21). The first kappa shape index (κ1) is 17.6. The van der Waals surface area contributed by atoms with Gasteiger partial charge < -0.3 is 15.0 Å². The minimum absolute atomic E-state index is 0.136. The van der Waals surface area contributed by atoms with Crippen LogP contribution in [0.4, 0.5) is 0 Å². The first-order valence-electron chi connectivity index (χ1n) is 7.36. The molecule has 1 amide bonds. The number of nitrogens with one attached hydrogen (secondary N) is 1. The highest BCUT2D eigenvalue weighted by atomic mass is 32.1. The Kier molecular flexibility index (Phi) is 5.51. The number of carbonyl (C=O) groups is 1. The topological polar surface area (TPSA) is 83.3 Å². The van der Waals surface area contributed by atoms with Gasteiger partial charge in [0.05, 0.1) is 19.6 Å². The van der Waals surface area contributed by atoms with E-state index in [1.807, 2.05) is 48.0 Å². The van der Waals surface area contributed by atoms with Crippen molar-refractivity contribution < 1.29 is 9.90 Å². The number of hydrogen-bond acceptors (Lipinski definition) is 6. The van der Waals surface area contributed by atoms with Gasteiger partial charge in [0.15, 0.2) is 0 Å². The fraction of sp³-hybridized carbons (Fsp3) is 0.533. The summed E-state index contributed by atoms with van der Waals surface area (Å²) in [4.78, 5) is 14.7. The van der Waals surface area contributed by atoms with Gasteiger partial charge in [-0.05, 0) is 32.3 Å². The number of likely N-dealkylation sites (N-methyl/N-ethyl adjacent to an activating group) is 1. The molecular formula is C15H23N5O2S. The fourth-order valence-electron chi connectivity index (χ4n) is 2.13. The summed E-state index contributed by atoms with van der Waals surface area (Å²) >= 11 is 1.47. The van der Waals surface area contributed by atoms with Crippen molar-refractivity contribution in [2.75, 3.05) is 20.1 Å². The number of amides is 1. The molecule has 0 saturated heterocycles. The zero-order valence-electron chi connectivity index (χ0n) is 13.9. The van der Waals surface area contributed by atoms with E-state index in [0.29, 0.717) is 6.54 Å². The van der Waals surface area contributed by atoms with Crippen LogP contribution in [0.25, 0.3) is 0 Å². The molecule has 0 spiro atoms. The number of thiophene rings is 1. The molecule has 8 heteroatoms. The van der Waals surface area contributed by atoms with Crippen LogP contribution in [0.15, 0.2) is 17.5 Å². The Morgan fingerprint density at radius 1 is 1.52 bits per heavy atom. The van der Waals surface area contributed by atoms with E-state index in [-0.39, 0.29) is 19.0 Å². The molecule has 0 aliphatic rings. The lowest BCUT2D eigenvalue weighted by Gasteiger charge is -2.23. The van der Waals surface area contributed by atoms with Crippen LogP contribution in [0, 0.1) is 6.92 Å². The molecule has 0 fully saturated rings. The molecule has 2 aromatic rings. The van der Waals surface area contributed by atoms with E-state index < -0.39 is 5.60 Å². The highest BCUT2D eigenvalue weighted by molar-refractivity contribution is 7.10. The predicted octanol–water partition coefficient (Wildman–Crippen LogP) is 0.641. The van der Waals surface area contributed by atoms with Crippen molar-refractivity contribution in [3.63, 3.8) is 0 Å². The van der Waals surface area contributed by atoms with Gasteiger partial charge in [0.2, 0.25) is 5.91 Å². The van der Waals surface area contributed by atoms with Crippen LogP contribution in [0.1, 0.15) is 23.4 Å². The Morgan fingerprint density at radius 2 is 2.26 bits per heavy atom. The highest BCUT2D eigenvalue weighted by Gasteiger charge is 2.25. The molecule has 2 rings (SSSR count). The molecule has 2 aromatic heterocycles. The number of aryl methyl sites for hydroxylation is 1. The van der Waals surface area contributed by atoms with Crippen LogP contribution in [-0.4, -0.2) is 50.8 Å². The number of aromatic nitrogens is 3. The van der Waals surface area contributed by atoms with Gasteiger partial charge in [-0.15, -0.1) is 21.5 Å². The molecule has 1 unspecified atom stereocenters. The van der Waals surface area contributed by atoms with Crippen LogP contribution in [-0.2, 0) is 24.0 Å². The molecular weight excluding hydrogens is 314 g/mol. The molecule has 126 valence electrons. The molecule has 0 aromatic carbocycles. The molecule has 0 bridgehead atoms. The van der Waals surface area contributed by atoms with Crippen LogP contribution in [0.5, 0.6) is 0 Å². The Balaban J connectivity index is 1.81. The summed E-state index contributed by atoms with van der Waals surface area (Å²) in [6.07, 6.45) is 0.